The van der Waals surface area contributed by atoms with E-state index in [1.165, 1.54) is 24.1 Å². The van der Waals surface area contributed by atoms with E-state index in [9.17, 15) is 8.42 Å². The summed E-state index contributed by atoms with van der Waals surface area (Å²) in [6, 6.07) is 8.17. The largest absolute Gasteiger partial charge is 0.370 e. The average Bonchev–Trinajstić information content (AvgIpc) is 3.21. The molecule has 3 heterocycles. The molecule has 2 aliphatic rings. The lowest BCUT2D eigenvalue weighted by Gasteiger charge is -2.36. The van der Waals surface area contributed by atoms with Crippen LogP contribution >= 0.6 is 11.6 Å². The van der Waals surface area contributed by atoms with Gasteiger partial charge >= 0.3 is 0 Å². The molecule has 0 atom stereocenters. The highest BCUT2D eigenvalue weighted by Gasteiger charge is 2.24. The summed E-state index contributed by atoms with van der Waals surface area (Å²) in [6.45, 7) is 12.2. The molecule has 2 aromatic rings. The summed E-state index contributed by atoms with van der Waals surface area (Å²) < 4.78 is 26.9. The number of rotatable bonds is 8. The van der Waals surface area contributed by atoms with Gasteiger partial charge in [0.2, 0.25) is 10.0 Å². The number of piperazine rings is 1. The maximum atomic E-state index is 11.4. The third-order valence-corrected chi connectivity index (χ3v) is 7.88. The Morgan fingerprint density at radius 1 is 1.06 bits per heavy atom. The Morgan fingerprint density at radius 2 is 1.74 bits per heavy atom. The Bertz CT molecular complexity index is 1060. The number of nitrogens with one attached hydrogen (secondary N) is 1. The van der Waals surface area contributed by atoms with Gasteiger partial charge in [-0.2, -0.15) is 5.10 Å². The Morgan fingerprint density at radius 3 is 2.38 bits per heavy atom. The molecule has 0 aliphatic carbocycles. The van der Waals surface area contributed by atoms with E-state index in [-0.39, 0.29) is 0 Å². The molecule has 2 aliphatic heterocycles. The van der Waals surface area contributed by atoms with Crippen molar-refractivity contribution in [3.8, 4) is 0 Å². The van der Waals surface area contributed by atoms with Crippen LogP contribution in [0.1, 0.15) is 32.3 Å². The Labute approximate surface area is 208 Å². The molecule has 0 saturated carbocycles. The summed E-state index contributed by atoms with van der Waals surface area (Å²) in [4.78, 5) is 7.27. The molecule has 0 amide bonds. The van der Waals surface area contributed by atoms with Crippen LogP contribution in [0.3, 0.4) is 0 Å². The number of sulfonamides is 1. The predicted octanol–water partition coefficient (Wildman–Crippen LogP) is 3.56. The van der Waals surface area contributed by atoms with Crippen LogP contribution in [0.5, 0.6) is 0 Å². The predicted molar refractivity (Wildman–Crippen MR) is 139 cm³/mol. The zero-order valence-corrected chi connectivity index (χ0v) is 22.0. The second-order valence-electron chi connectivity index (χ2n) is 10.0. The van der Waals surface area contributed by atoms with Crippen molar-refractivity contribution in [1.82, 2.24) is 19.6 Å². The van der Waals surface area contributed by atoms with Crippen molar-refractivity contribution >= 4 is 33.1 Å². The van der Waals surface area contributed by atoms with E-state index < -0.39 is 10.0 Å². The van der Waals surface area contributed by atoms with Gasteiger partial charge in [-0.1, -0.05) is 31.5 Å². The molecule has 0 unspecified atom stereocenters. The number of nitrogens with zero attached hydrogens (tertiary/aromatic N) is 5. The first kappa shape index (κ1) is 25.3. The summed E-state index contributed by atoms with van der Waals surface area (Å²) in [5.41, 5.74) is 2.49. The summed E-state index contributed by atoms with van der Waals surface area (Å²) in [6.07, 6.45) is 5.41. The van der Waals surface area contributed by atoms with Crippen LogP contribution < -0.4 is 9.62 Å². The molecule has 0 spiro atoms. The second kappa shape index (κ2) is 10.8. The van der Waals surface area contributed by atoms with Gasteiger partial charge < -0.3 is 4.90 Å². The third-order valence-electron chi connectivity index (χ3n) is 6.98. The highest BCUT2D eigenvalue weighted by molar-refractivity contribution is 7.92. The van der Waals surface area contributed by atoms with Crippen LogP contribution in [0.25, 0.3) is 0 Å². The normalized spacial score (nSPS) is 19.1. The zero-order chi connectivity index (χ0) is 24.3. The van der Waals surface area contributed by atoms with Gasteiger partial charge in [0.1, 0.15) is 0 Å². The minimum absolute atomic E-state index is 0.355. The highest BCUT2D eigenvalue weighted by atomic mass is 35.5. The van der Waals surface area contributed by atoms with Gasteiger partial charge in [0.05, 0.1) is 23.6 Å². The molecule has 4 rings (SSSR count). The Hall–Kier alpha value is -1.81. The van der Waals surface area contributed by atoms with Crippen LogP contribution in [-0.4, -0.2) is 73.5 Å². The summed E-state index contributed by atoms with van der Waals surface area (Å²) in [5.74, 6) is 1.93. The highest BCUT2D eigenvalue weighted by Crippen LogP contribution is 2.33. The summed E-state index contributed by atoms with van der Waals surface area (Å²) >= 11 is 6.60. The van der Waals surface area contributed by atoms with Crippen LogP contribution in [0, 0.1) is 11.8 Å². The van der Waals surface area contributed by atoms with E-state index in [0.29, 0.717) is 12.5 Å². The van der Waals surface area contributed by atoms with Gasteiger partial charge in [0.15, 0.2) is 5.82 Å². The molecule has 1 N–H and O–H groups in total. The molecule has 2 saturated heterocycles. The van der Waals surface area contributed by atoms with Crippen molar-refractivity contribution < 1.29 is 8.42 Å². The van der Waals surface area contributed by atoms with E-state index in [0.717, 1.165) is 68.9 Å². The van der Waals surface area contributed by atoms with Crippen LogP contribution in [0.15, 0.2) is 30.5 Å². The minimum atomic E-state index is -3.31. The topological polar surface area (TPSA) is 73.7 Å². The van der Waals surface area contributed by atoms with Crippen molar-refractivity contribution in [2.24, 2.45) is 11.8 Å². The van der Waals surface area contributed by atoms with E-state index in [2.05, 4.69) is 56.6 Å². The van der Waals surface area contributed by atoms with Crippen molar-refractivity contribution in [3.05, 3.63) is 41.0 Å². The molecule has 8 nitrogen and oxygen atoms in total. The zero-order valence-electron chi connectivity index (χ0n) is 20.5. The van der Waals surface area contributed by atoms with Gasteiger partial charge in [0, 0.05) is 58.1 Å². The van der Waals surface area contributed by atoms with Gasteiger partial charge in [-0.05, 0) is 42.4 Å². The number of anilines is 2. The Balaban J connectivity index is 1.28. The van der Waals surface area contributed by atoms with Gasteiger partial charge in [-0.25, -0.2) is 8.42 Å². The fraction of sp³-hybridized carbons (Fsp3) is 0.625. The molecule has 188 valence electrons. The SMILES string of the molecule is CC(C)C1CCN(c2cc(CN3CCN(Cn4ccc(NS(C)(=O)=O)n4)CC3)ccc2Cl)CC1. The lowest BCUT2D eigenvalue weighted by atomic mass is 9.86. The first-order valence-corrected chi connectivity index (χ1v) is 14.4. The number of piperidine rings is 1. The summed E-state index contributed by atoms with van der Waals surface area (Å²) in [5, 5.41) is 5.15. The number of hydrogen-bond donors (Lipinski definition) is 1. The molecule has 1 aromatic carbocycles. The molecule has 10 heteroatoms. The van der Waals surface area contributed by atoms with Crippen molar-refractivity contribution in [2.75, 3.05) is 55.1 Å². The van der Waals surface area contributed by atoms with E-state index >= 15 is 0 Å². The Kier molecular flexibility index (Phi) is 8.07. The summed E-state index contributed by atoms with van der Waals surface area (Å²) in [7, 11) is -3.31. The second-order valence-corrected chi connectivity index (χ2v) is 12.2. The number of benzene rings is 1. The molecular formula is C24H37ClN6O2S. The maximum absolute atomic E-state index is 11.4. The molecule has 34 heavy (non-hydrogen) atoms. The van der Waals surface area contributed by atoms with E-state index in [1.54, 1.807) is 16.9 Å². The van der Waals surface area contributed by atoms with Crippen molar-refractivity contribution in [2.45, 2.75) is 39.9 Å². The van der Waals surface area contributed by atoms with Gasteiger partial charge in [-0.15, -0.1) is 0 Å². The minimum Gasteiger partial charge on any atom is -0.370 e. The molecule has 0 radical (unpaired) electrons. The number of aromatic nitrogens is 2. The standard InChI is InChI=1S/C24H37ClN6O2S/c1-19(2)21-6-9-30(10-7-21)23-16-20(4-5-22(23)25)17-28-12-14-29(15-13-28)18-31-11-8-24(26-31)27-34(3,32)33/h4-5,8,11,16,19,21H,6-7,9-10,12-15,17-18H2,1-3H3,(H,26,27). The average molecular weight is 509 g/mol. The lowest BCUT2D eigenvalue weighted by Crippen LogP contribution is -2.46. The van der Waals surface area contributed by atoms with E-state index in [4.69, 9.17) is 11.6 Å². The smallest absolute Gasteiger partial charge is 0.231 e. The molecule has 1 aromatic heterocycles. The monoisotopic (exact) mass is 508 g/mol. The first-order valence-electron chi connectivity index (χ1n) is 12.2. The van der Waals surface area contributed by atoms with Crippen molar-refractivity contribution in [1.29, 1.82) is 0 Å². The van der Waals surface area contributed by atoms with Gasteiger partial charge in [0.25, 0.3) is 0 Å². The molecule has 0 bridgehead atoms. The fourth-order valence-corrected chi connectivity index (χ4v) is 5.67. The van der Waals surface area contributed by atoms with Crippen LogP contribution in [0.2, 0.25) is 5.02 Å². The molecule has 2 fully saturated rings. The third kappa shape index (κ3) is 6.87. The van der Waals surface area contributed by atoms with Crippen LogP contribution in [0.4, 0.5) is 11.5 Å². The lowest BCUT2D eigenvalue weighted by molar-refractivity contribution is 0.0989. The number of hydrogen-bond acceptors (Lipinski definition) is 6. The number of halogens is 1. The molecular weight excluding hydrogens is 472 g/mol. The van der Waals surface area contributed by atoms with Crippen molar-refractivity contribution in [3.63, 3.8) is 0 Å². The fourth-order valence-electron chi connectivity index (χ4n) is 4.94. The van der Waals surface area contributed by atoms with Crippen LogP contribution in [-0.2, 0) is 23.2 Å². The quantitative estimate of drug-likeness (QED) is 0.587. The van der Waals surface area contributed by atoms with Gasteiger partial charge in [-0.3, -0.25) is 19.2 Å². The first-order chi connectivity index (χ1) is 16.2. The van der Waals surface area contributed by atoms with E-state index in [1.807, 2.05) is 0 Å². The maximum Gasteiger partial charge on any atom is 0.231 e.